The molecule has 4 N–H and O–H groups in total. The summed E-state index contributed by atoms with van der Waals surface area (Å²) in [6, 6.07) is 7.69. The number of carbonyl (C=O) groups is 2. The molecule has 1 aliphatic heterocycles. The van der Waals surface area contributed by atoms with Crippen LogP contribution in [0.15, 0.2) is 24.3 Å². The quantitative estimate of drug-likeness (QED) is 0.636. The Balaban J connectivity index is 1.86. The number of anilines is 1. The van der Waals surface area contributed by atoms with Gasteiger partial charge >= 0.3 is 0 Å². The van der Waals surface area contributed by atoms with Gasteiger partial charge < -0.3 is 16.0 Å². The topological polar surface area (TPSA) is 76.6 Å². The largest absolute Gasteiger partial charge is 0.369 e. The molecule has 1 aliphatic rings. The summed E-state index contributed by atoms with van der Waals surface area (Å²) in [5, 5.41) is 2.89. The highest BCUT2D eigenvalue weighted by molar-refractivity contribution is 14.1. The number of amides is 2. The van der Waals surface area contributed by atoms with E-state index in [2.05, 4.69) is 27.9 Å². The van der Waals surface area contributed by atoms with Gasteiger partial charge in [0.25, 0.3) is 5.91 Å². The average Bonchev–Trinajstić information content (AvgIpc) is 2.38. The average molecular weight is 388 g/mol. The number of nitrogens with two attached hydrogens (primary N) is 1. The standard InChI is InChI=1S/C14H18IN3O2/c15-11-4-1-5-12(7-11)17-13(19)9-18-6-2-3-10(8-18)14(16)20/h1,4-5,7,10H,2-3,6,8-9H2,(H2,16,20)(H,17,19)/p+1/t10-/m0/s1. The molecule has 20 heavy (non-hydrogen) atoms. The molecule has 2 atom stereocenters. The second-order valence-corrected chi connectivity index (χ2v) is 6.43. The van der Waals surface area contributed by atoms with Gasteiger partial charge in [0, 0.05) is 9.26 Å². The smallest absolute Gasteiger partial charge is 0.279 e. The van der Waals surface area contributed by atoms with E-state index in [1.807, 2.05) is 24.3 Å². The summed E-state index contributed by atoms with van der Waals surface area (Å²) in [4.78, 5) is 24.4. The molecule has 1 fully saturated rings. The molecule has 2 rings (SSSR count). The van der Waals surface area contributed by atoms with Gasteiger partial charge in [0.2, 0.25) is 5.91 Å². The number of nitrogens with one attached hydrogen (secondary N) is 2. The molecule has 0 bridgehead atoms. The molecular weight excluding hydrogens is 369 g/mol. The summed E-state index contributed by atoms with van der Waals surface area (Å²) < 4.78 is 1.08. The molecule has 1 saturated heterocycles. The van der Waals surface area contributed by atoms with Crippen molar-refractivity contribution in [1.29, 1.82) is 0 Å². The van der Waals surface area contributed by atoms with E-state index in [0.29, 0.717) is 13.1 Å². The number of halogens is 1. The van der Waals surface area contributed by atoms with Crippen molar-refractivity contribution >= 4 is 40.1 Å². The molecule has 0 aromatic heterocycles. The van der Waals surface area contributed by atoms with Crippen LogP contribution in [0.25, 0.3) is 0 Å². The van der Waals surface area contributed by atoms with Crippen molar-refractivity contribution in [3.05, 3.63) is 27.8 Å². The van der Waals surface area contributed by atoms with E-state index in [0.717, 1.165) is 33.5 Å². The zero-order chi connectivity index (χ0) is 14.5. The summed E-state index contributed by atoms with van der Waals surface area (Å²) >= 11 is 2.21. The number of benzene rings is 1. The van der Waals surface area contributed by atoms with Gasteiger partial charge in [-0.3, -0.25) is 9.59 Å². The fraction of sp³-hybridized carbons (Fsp3) is 0.429. The first-order valence-corrected chi connectivity index (χ1v) is 7.81. The molecule has 0 aliphatic carbocycles. The van der Waals surface area contributed by atoms with E-state index in [1.54, 1.807) is 0 Å². The van der Waals surface area contributed by atoms with Crippen molar-refractivity contribution in [3.8, 4) is 0 Å². The highest BCUT2D eigenvalue weighted by Gasteiger charge is 2.28. The van der Waals surface area contributed by atoms with E-state index in [4.69, 9.17) is 5.73 Å². The van der Waals surface area contributed by atoms with Crippen molar-refractivity contribution in [3.63, 3.8) is 0 Å². The summed E-state index contributed by atoms with van der Waals surface area (Å²) in [5.41, 5.74) is 6.16. The Morgan fingerprint density at radius 1 is 1.45 bits per heavy atom. The summed E-state index contributed by atoms with van der Waals surface area (Å²) in [7, 11) is 0. The normalized spacial score (nSPS) is 22.2. The molecule has 1 heterocycles. The number of quaternary nitrogens is 1. The lowest BCUT2D eigenvalue weighted by Crippen LogP contribution is -3.14. The SMILES string of the molecule is NC(=O)[C@H]1CCC[NH+](CC(=O)Nc2cccc(I)c2)C1. The van der Waals surface area contributed by atoms with Gasteiger partial charge in [-0.1, -0.05) is 6.07 Å². The van der Waals surface area contributed by atoms with Crippen molar-refractivity contribution in [2.75, 3.05) is 25.0 Å². The van der Waals surface area contributed by atoms with E-state index in [9.17, 15) is 9.59 Å². The first-order valence-electron chi connectivity index (χ1n) is 6.73. The minimum absolute atomic E-state index is 0.0212. The van der Waals surface area contributed by atoms with Crippen molar-refractivity contribution in [1.82, 2.24) is 0 Å². The molecule has 1 unspecified atom stereocenters. The van der Waals surface area contributed by atoms with Crippen LogP contribution >= 0.6 is 22.6 Å². The van der Waals surface area contributed by atoms with Crippen LogP contribution in [-0.2, 0) is 9.59 Å². The highest BCUT2D eigenvalue weighted by atomic mass is 127. The third kappa shape index (κ3) is 4.45. The highest BCUT2D eigenvalue weighted by Crippen LogP contribution is 2.12. The minimum Gasteiger partial charge on any atom is -0.369 e. The summed E-state index contributed by atoms with van der Waals surface area (Å²) in [6.07, 6.45) is 1.79. The number of likely N-dealkylation sites (tertiary alicyclic amines) is 1. The fourth-order valence-electron chi connectivity index (χ4n) is 2.55. The van der Waals surface area contributed by atoms with E-state index >= 15 is 0 Å². The second-order valence-electron chi connectivity index (χ2n) is 5.18. The molecular formula is C14H19IN3O2+. The van der Waals surface area contributed by atoms with Crippen LogP contribution in [0.1, 0.15) is 12.8 Å². The van der Waals surface area contributed by atoms with Crippen LogP contribution in [0.4, 0.5) is 5.69 Å². The third-order valence-corrected chi connectivity index (χ3v) is 4.21. The predicted octanol–water partition coefficient (Wildman–Crippen LogP) is 0.00990. The molecule has 0 spiro atoms. The van der Waals surface area contributed by atoms with Gasteiger partial charge in [-0.2, -0.15) is 0 Å². The molecule has 0 radical (unpaired) electrons. The number of rotatable bonds is 4. The van der Waals surface area contributed by atoms with Crippen LogP contribution in [0.5, 0.6) is 0 Å². The second kappa shape index (κ2) is 7.03. The van der Waals surface area contributed by atoms with Crippen molar-refractivity contribution in [2.45, 2.75) is 12.8 Å². The molecule has 0 saturated carbocycles. The van der Waals surface area contributed by atoms with Gasteiger partial charge in [0.1, 0.15) is 0 Å². The van der Waals surface area contributed by atoms with Gasteiger partial charge in [-0.25, -0.2) is 0 Å². The first-order chi connectivity index (χ1) is 9.54. The number of primary amides is 1. The monoisotopic (exact) mass is 388 g/mol. The maximum atomic E-state index is 12.0. The lowest BCUT2D eigenvalue weighted by atomic mass is 9.97. The Bertz CT molecular complexity index is 507. The van der Waals surface area contributed by atoms with Gasteiger partial charge in [-0.15, -0.1) is 0 Å². The Hall–Kier alpha value is -1.15. The van der Waals surface area contributed by atoms with Gasteiger partial charge in [0.05, 0.1) is 19.0 Å². The van der Waals surface area contributed by atoms with Gasteiger partial charge in [-0.05, 0) is 53.6 Å². The van der Waals surface area contributed by atoms with E-state index in [-0.39, 0.29) is 17.7 Å². The Morgan fingerprint density at radius 3 is 2.95 bits per heavy atom. The van der Waals surface area contributed by atoms with Gasteiger partial charge in [0.15, 0.2) is 6.54 Å². The minimum atomic E-state index is -0.250. The molecule has 1 aromatic carbocycles. The van der Waals surface area contributed by atoms with Crippen LogP contribution in [0.2, 0.25) is 0 Å². The van der Waals surface area contributed by atoms with Crippen LogP contribution in [0, 0.1) is 9.49 Å². The maximum Gasteiger partial charge on any atom is 0.279 e. The third-order valence-electron chi connectivity index (χ3n) is 3.54. The van der Waals surface area contributed by atoms with E-state index < -0.39 is 0 Å². The number of hydrogen-bond donors (Lipinski definition) is 3. The molecule has 6 heteroatoms. The zero-order valence-corrected chi connectivity index (χ0v) is 13.4. The van der Waals surface area contributed by atoms with Crippen molar-refractivity contribution in [2.24, 2.45) is 11.7 Å². The van der Waals surface area contributed by atoms with Crippen LogP contribution in [0.3, 0.4) is 0 Å². The molecule has 2 amide bonds. The number of carbonyl (C=O) groups excluding carboxylic acids is 2. The maximum absolute atomic E-state index is 12.0. The molecule has 108 valence electrons. The molecule has 5 nitrogen and oxygen atoms in total. The lowest BCUT2D eigenvalue weighted by Gasteiger charge is -2.27. The molecule has 1 aromatic rings. The number of hydrogen-bond acceptors (Lipinski definition) is 2. The summed E-state index contributed by atoms with van der Waals surface area (Å²) in [6.45, 7) is 1.97. The Kier molecular flexibility index (Phi) is 5.36. The van der Waals surface area contributed by atoms with Crippen LogP contribution < -0.4 is 16.0 Å². The van der Waals surface area contributed by atoms with Crippen LogP contribution in [-0.4, -0.2) is 31.4 Å². The fourth-order valence-corrected chi connectivity index (χ4v) is 3.10. The van der Waals surface area contributed by atoms with E-state index in [1.165, 1.54) is 0 Å². The Labute approximate surface area is 132 Å². The summed E-state index contributed by atoms with van der Waals surface area (Å²) in [5.74, 6) is -0.364. The van der Waals surface area contributed by atoms with Crippen molar-refractivity contribution < 1.29 is 14.5 Å². The number of piperidine rings is 1. The zero-order valence-electron chi connectivity index (χ0n) is 11.2. The predicted molar refractivity (Wildman–Crippen MR) is 85.3 cm³/mol. The Morgan fingerprint density at radius 2 is 2.25 bits per heavy atom. The lowest BCUT2D eigenvalue weighted by molar-refractivity contribution is -0.899. The first kappa shape index (κ1) is 15.2.